The Hall–Kier alpha value is -5.17. The predicted octanol–water partition coefficient (Wildman–Crippen LogP) is 8.77. The first kappa shape index (κ1) is 92.8. The Labute approximate surface area is 626 Å². The summed E-state index contributed by atoms with van der Waals surface area (Å²) < 4.78 is 48.4. The molecule has 0 aliphatic heterocycles. The minimum absolute atomic E-state index is 0. The van der Waals surface area contributed by atoms with Crippen LogP contribution < -0.4 is 41.0 Å². The number of fused-ring (bicyclic) bond motifs is 4. The molecule has 0 aromatic carbocycles. The fourth-order valence-electron chi connectivity index (χ4n) is 6.53. The van der Waals surface area contributed by atoms with Gasteiger partial charge in [0.2, 0.25) is 0 Å². The number of carbonyl (C=O) groups excluding carboxylic acids is 1. The van der Waals surface area contributed by atoms with Crippen LogP contribution in [0.4, 0.5) is 11.4 Å². The second-order valence-corrected chi connectivity index (χ2v) is 50.4. The second kappa shape index (κ2) is 47.1. The summed E-state index contributed by atoms with van der Waals surface area (Å²) in [5.74, 6) is -0.482. The number of halogens is 4. The van der Waals surface area contributed by atoms with E-state index in [1.165, 1.54) is 31.6 Å². The predicted molar refractivity (Wildman–Crippen MR) is 385 cm³/mol. The van der Waals surface area contributed by atoms with Gasteiger partial charge in [0.15, 0.2) is 11.0 Å². The van der Waals surface area contributed by atoms with Gasteiger partial charge in [0.1, 0.15) is 74.9 Å². The van der Waals surface area contributed by atoms with Crippen molar-refractivity contribution in [1.82, 2.24) is 85.3 Å². The zero-order chi connectivity index (χ0) is 72.3. The monoisotopic (exact) mass is 1560 g/mol. The molecule has 0 aliphatic rings. The number of alkyl halides is 1. The van der Waals surface area contributed by atoms with Crippen molar-refractivity contribution in [3.63, 3.8) is 0 Å². The maximum atomic E-state index is 11.5. The van der Waals surface area contributed by atoms with Gasteiger partial charge >= 0.3 is 58.0 Å². The van der Waals surface area contributed by atoms with Gasteiger partial charge in [-0.2, -0.15) is 15.4 Å². The second-order valence-electron chi connectivity index (χ2n) is 26.3. The van der Waals surface area contributed by atoms with Crippen LogP contribution in [0.5, 0.6) is 0 Å². The Morgan fingerprint density at radius 1 is 0.582 bits per heavy atom. The van der Waals surface area contributed by atoms with E-state index in [4.69, 9.17) is 89.6 Å². The number of rotatable bonds is 22. The summed E-state index contributed by atoms with van der Waals surface area (Å²) in [6.45, 7) is 37.1. The van der Waals surface area contributed by atoms with Crippen LogP contribution in [-0.2, 0) is 77.8 Å². The van der Waals surface area contributed by atoms with Crippen LogP contribution in [0.3, 0.4) is 0 Å². The van der Waals surface area contributed by atoms with Crippen molar-refractivity contribution in [3.05, 3.63) is 93.1 Å². The number of nitrogens with zero attached hydrogens (tertiary/aromatic N) is 17. The van der Waals surface area contributed by atoms with Crippen molar-refractivity contribution in [2.45, 2.75) is 156 Å². The van der Waals surface area contributed by atoms with E-state index in [0.29, 0.717) is 81.9 Å². The number of ether oxygens (including phenoxy) is 5. The fraction of sp³-hybridized carbons (Fsp3) is 0.536. The Kier molecular flexibility index (Phi) is 44.6. The standard InChI is InChI=1S/C13H20N4O3Si.C12H20N4O2Si.C11H17ClN4OSi.C6H15ClOSi.C5H3ClN4.C5H6ClN3.C4H9NO2.B.Mn.Na.2O.H/c1-19-13(18)10-7-12-11(8-14-10)15-16-17(12)9-20-5-6-21(2,3)4;1-19(2,3)5-4-18-9-16-12-6-10(8-17)13-7-11(12)14-15-16;1-18(2,3)5-4-17-8-16-10-6-11(12)13-7-9(10)14-15-16;1-9(2,3)5-4-8-6-7;6-5-1-3-4(2-7-5)9-10-8-3;6-5-1-3(7)4(8)2-9-5;1-4(2,3)7-5-6;;;;;;/h7-8H,5-6,9H2,1-4H3;6-7,17H,4-5,8-9H2,1-3H3;6-7H,4-5,8H2,1-3H3;4-6H2,1-3H3;1-2H,(H,8,9,10);1-2H,8H2,(H2,7,9);1-3H3;;;;;;/q;;;;;;;;;+1;;;-1. The number of aromatic amines is 1. The molecule has 3 radical (unpaired) electrons. The molecule has 31 nitrogen and oxygen atoms in total. The number of nitrogens with one attached hydrogen (secondary N) is 1. The number of aliphatic hydroxyl groups is 1. The molecule has 0 fully saturated rings. The number of carbonyl (C=O) groups is 1. The molecule has 9 heterocycles. The summed E-state index contributed by atoms with van der Waals surface area (Å²) in [4.78, 5) is 44.7. The van der Waals surface area contributed by atoms with Crippen molar-refractivity contribution < 1.29 is 91.9 Å². The Morgan fingerprint density at radius 3 is 1.35 bits per heavy atom. The molecular weight excluding hydrogens is 1470 g/mol. The molecule has 9 rings (SSSR count). The van der Waals surface area contributed by atoms with E-state index in [9.17, 15) is 9.70 Å². The van der Waals surface area contributed by atoms with Gasteiger partial charge in [-0.1, -0.05) is 141 Å². The van der Waals surface area contributed by atoms with Crippen LogP contribution in [0, 0.1) is 4.91 Å². The summed E-state index contributed by atoms with van der Waals surface area (Å²) in [6, 6.07) is 13.2. The Balaban J connectivity index is 0. The quantitative estimate of drug-likeness (QED) is 0.00936. The minimum atomic E-state index is -1.44. The molecule has 9 aromatic heterocycles. The van der Waals surface area contributed by atoms with Crippen molar-refractivity contribution >= 4 is 149 Å². The van der Waals surface area contributed by atoms with Gasteiger partial charge in [0.05, 0.1) is 78.3 Å². The number of anilines is 2. The van der Waals surface area contributed by atoms with E-state index >= 15 is 0 Å². The van der Waals surface area contributed by atoms with Crippen molar-refractivity contribution in [1.29, 1.82) is 0 Å². The molecule has 0 aliphatic carbocycles. The van der Waals surface area contributed by atoms with E-state index in [1.807, 2.05) is 0 Å². The molecule has 0 unspecified atom stereocenters. The molecule has 536 valence electrons. The van der Waals surface area contributed by atoms with Crippen LogP contribution in [0.1, 0.15) is 38.4 Å². The number of aromatic nitrogens is 17. The van der Waals surface area contributed by atoms with E-state index < -0.39 is 58.7 Å². The number of H-pyrrole nitrogens is 1. The molecule has 0 bridgehead atoms. The van der Waals surface area contributed by atoms with Crippen molar-refractivity contribution in [3.8, 4) is 0 Å². The average molecular weight is 1560 g/mol. The number of methoxy groups -OCH3 is 1. The summed E-state index contributed by atoms with van der Waals surface area (Å²) in [6.07, 6.45) is 7.74. The maximum absolute atomic E-state index is 11.5. The van der Waals surface area contributed by atoms with E-state index in [-0.39, 0.29) is 51.7 Å². The number of nitrogen functional groups attached to an aromatic ring is 2. The molecule has 0 amide bonds. The summed E-state index contributed by atoms with van der Waals surface area (Å²) in [5, 5.41) is 46.8. The fourth-order valence-corrected chi connectivity index (χ4v) is 10.1. The third-order valence-electron chi connectivity index (χ3n) is 11.9. The molecule has 0 spiro atoms. The third-order valence-corrected chi connectivity index (χ3v) is 19.5. The molecule has 0 saturated carbocycles. The van der Waals surface area contributed by atoms with Crippen molar-refractivity contribution in [2.24, 2.45) is 5.34 Å². The normalized spacial score (nSPS) is 11.1. The Morgan fingerprint density at radius 2 is 0.959 bits per heavy atom. The first-order chi connectivity index (χ1) is 44.9. The molecule has 0 saturated heterocycles. The number of nitrogens with two attached hydrogens (primary N) is 2. The van der Waals surface area contributed by atoms with E-state index in [1.54, 1.807) is 77.7 Å². The summed E-state index contributed by atoms with van der Waals surface area (Å²) in [7, 11) is -2.76. The van der Waals surface area contributed by atoms with Crippen LogP contribution in [-0.4, -0.2) is 182 Å². The van der Waals surface area contributed by atoms with Crippen LogP contribution in [0.15, 0.2) is 66.7 Å². The molecule has 9 aromatic rings. The summed E-state index contributed by atoms with van der Waals surface area (Å²) in [5.41, 5.74) is 18.0. The van der Waals surface area contributed by atoms with Gasteiger partial charge in [0.25, 0.3) is 0 Å². The molecule has 0 atom stereocenters. The first-order valence-electron chi connectivity index (χ1n) is 29.6. The number of pyridine rings is 5. The number of esters is 1. The number of hydrogen-bond donors (Lipinski definition) is 4. The molecule has 6 N–H and O–H groups in total. The molecule has 42 heteroatoms. The van der Waals surface area contributed by atoms with Crippen molar-refractivity contribution in [2.75, 3.05) is 51.1 Å². The van der Waals surface area contributed by atoms with Crippen LogP contribution in [0.25, 0.3) is 44.1 Å². The van der Waals surface area contributed by atoms with E-state index in [0.717, 1.165) is 65.5 Å². The third kappa shape index (κ3) is 40.3. The molecular formula is C56H91BCl4MnN20NaO11Si4. The zero-order valence-corrected chi connectivity index (χ0v) is 68.9. The molecule has 98 heavy (non-hydrogen) atoms. The Bertz CT molecular complexity index is 3810. The topological polar surface area (TPSA) is 406 Å². The van der Waals surface area contributed by atoms with Gasteiger partial charge in [-0.25, -0.2) is 38.8 Å². The summed E-state index contributed by atoms with van der Waals surface area (Å²) >= 11 is 20.8. The number of hydrogen-bond acceptors (Lipinski definition) is 27. The van der Waals surface area contributed by atoms with Gasteiger partial charge in [-0.05, 0) is 57.1 Å². The SMILES string of the molecule is CC(C)(C)ON=O.COC(=O)c1cc2c(cn1)nnn2COCC[Si](C)(C)C.C[Si](C)(C)CCOCCl.C[Si](C)(C)CCOCn1nnc2cnc(CO)cc21.C[Si](C)(C)CCOCn1nnc2cnc(Cl)cc21.Clc1cc2n[nH]nc2cn1.Nc1cnc(Cl)cc1N.[B].[H-].[Na+].[O]=[Mn]=[O]. The van der Waals surface area contributed by atoms with Crippen LogP contribution >= 0.6 is 46.4 Å². The number of aliphatic hydroxyl groups excluding tert-OH is 1. The van der Waals surface area contributed by atoms with E-state index in [2.05, 4.69) is 165 Å². The average Bonchev–Trinajstić information content (AvgIpc) is 1.71. The zero-order valence-electron chi connectivity index (χ0n) is 59.7. The van der Waals surface area contributed by atoms with Gasteiger partial charge in [-0.15, -0.1) is 20.2 Å². The van der Waals surface area contributed by atoms with Gasteiger partial charge in [-0.3, -0.25) is 4.98 Å². The van der Waals surface area contributed by atoms with Crippen LogP contribution in [0.2, 0.25) is 118 Å². The van der Waals surface area contributed by atoms with Gasteiger partial charge < -0.3 is 46.5 Å². The first-order valence-corrected chi connectivity index (χ1v) is 47.1. The van der Waals surface area contributed by atoms with Gasteiger partial charge in [0, 0.05) is 85.3 Å².